The first-order valence-electron chi connectivity index (χ1n) is 9.50. The standard InChI is InChI=1S/C21H25ClN4O2/c1-28-20-6-5-17(10-19(20)22)25-21(27)7-4-15-3-2-8-26(13-15)14-16-9-18(11-23)24-12-16/h5-6,9-10,12,15,24H,2-4,7-8,13-14H2,1H3,(H,25,27)/t15-/m1/s1. The number of aromatic nitrogens is 1. The van der Waals surface area contributed by atoms with E-state index in [1.807, 2.05) is 12.3 Å². The maximum Gasteiger partial charge on any atom is 0.224 e. The van der Waals surface area contributed by atoms with Crippen molar-refractivity contribution in [3.63, 3.8) is 0 Å². The normalized spacial score (nSPS) is 17.1. The van der Waals surface area contributed by atoms with Gasteiger partial charge in [0.1, 0.15) is 17.5 Å². The van der Waals surface area contributed by atoms with Crippen LogP contribution in [0.2, 0.25) is 5.02 Å². The van der Waals surface area contributed by atoms with Gasteiger partial charge in [0.15, 0.2) is 0 Å². The third-order valence-electron chi connectivity index (χ3n) is 5.09. The van der Waals surface area contributed by atoms with Crippen molar-refractivity contribution in [3.05, 3.63) is 46.7 Å². The van der Waals surface area contributed by atoms with Gasteiger partial charge >= 0.3 is 0 Å². The van der Waals surface area contributed by atoms with E-state index in [0.29, 0.717) is 34.5 Å². The van der Waals surface area contributed by atoms with Gasteiger partial charge in [0.05, 0.1) is 12.1 Å². The van der Waals surface area contributed by atoms with Gasteiger partial charge in [-0.25, -0.2) is 0 Å². The summed E-state index contributed by atoms with van der Waals surface area (Å²) in [5, 5.41) is 12.3. The Hall–Kier alpha value is -2.49. The first-order valence-corrected chi connectivity index (χ1v) is 9.88. The highest BCUT2D eigenvalue weighted by Crippen LogP contribution is 2.28. The van der Waals surface area contributed by atoms with Crippen LogP contribution in [0.4, 0.5) is 5.69 Å². The summed E-state index contributed by atoms with van der Waals surface area (Å²) in [7, 11) is 1.56. The molecular formula is C21H25ClN4O2. The van der Waals surface area contributed by atoms with Crippen molar-refractivity contribution in [3.8, 4) is 11.8 Å². The molecule has 0 saturated carbocycles. The number of methoxy groups -OCH3 is 1. The molecule has 28 heavy (non-hydrogen) atoms. The van der Waals surface area contributed by atoms with E-state index in [1.54, 1.807) is 25.3 Å². The number of likely N-dealkylation sites (tertiary alicyclic amines) is 1. The van der Waals surface area contributed by atoms with Crippen LogP contribution in [0.1, 0.15) is 36.9 Å². The van der Waals surface area contributed by atoms with E-state index in [1.165, 1.54) is 0 Å². The van der Waals surface area contributed by atoms with E-state index in [-0.39, 0.29) is 5.91 Å². The fraction of sp³-hybridized carbons (Fsp3) is 0.429. The summed E-state index contributed by atoms with van der Waals surface area (Å²) in [5.74, 6) is 1.10. The fourth-order valence-electron chi connectivity index (χ4n) is 3.69. The second-order valence-electron chi connectivity index (χ2n) is 7.21. The smallest absolute Gasteiger partial charge is 0.224 e. The number of hydrogen-bond acceptors (Lipinski definition) is 4. The van der Waals surface area contributed by atoms with Gasteiger partial charge in [-0.15, -0.1) is 0 Å². The molecular weight excluding hydrogens is 376 g/mol. The minimum Gasteiger partial charge on any atom is -0.495 e. The molecule has 1 aromatic carbocycles. The molecule has 3 rings (SSSR count). The number of aromatic amines is 1. The molecule has 1 amide bonds. The molecule has 1 atom stereocenters. The molecule has 1 fully saturated rings. The fourth-order valence-corrected chi connectivity index (χ4v) is 3.94. The lowest BCUT2D eigenvalue weighted by molar-refractivity contribution is -0.116. The average molecular weight is 401 g/mol. The molecule has 0 unspecified atom stereocenters. The minimum absolute atomic E-state index is 0.00246. The maximum atomic E-state index is 12.3. The number of nitrogens with one attached hydrogen (secondary N) is 2. The van der Waals surface area contributed by atoms with E-state index in [4.69, 9.17) is 21.6 Å². The molecule has 1 aliphatic rings. The van der Waals surface area contributed by atoms with Crippen LogP contribution in [-0.4, -0.2) is 36.0 Å². The zero-order valence-corrected chi connectivity index (χ0v) is 16.8. The third kappa shape index (κ3) is 5.51. The van der Waals surface area contributed by atoms with Gasteiger partial charge in [-0.05, 0) is 61.6 Å². The van der Waals surface area contributed by atoms with Crippen molar-refractivity contribution in [1.82, 2.24) is 9.88 Å². The molecule has 1 saturated heterocycles. The van der Waals surface area contributed by atoms with Gasteiger partial charge in [0.25, 0.3) is 0 Å². The summed E-state index contributed by atoms with van der Waals surface area (Å²) in [6.45, 7) is 2.88. The summed E-state index contributed by atoms with van der Waals surface area (Å²) in [4.78, 5) is 17.7. The second-order valence-corrected chi connectivity index (χ2v) is 7.62. The molecule has 148 valence electrons. The zero-order chi connectivity index (χ0) is 19.9. The SMILES string of the molecule is COc1ccc(NC(=O)CC[C@H]2CCCN(Cc3c[nH]c(C#N)c3)C2)cc1Cl. The Morgan fingerprint density at radius 1 is 1.46 bits per heavy atom. The third-order valence-corrected chi connectivity index (χ3v) is 5.38. The van der Waals surface area contributed by atoms with Crippen LogP contribution in [0.5, 0.6) is 5.75 Å². The number of H-pyrrole nitrogens is 1. The summed E-state index contributed by atoms with van der Waals surface area (Å²) in [6.07, 6.45) is 5.54. The molecule has 7 heteroatoms. The van der Waals surface area contributed by atoms with Crippen molar-refractivity contribution in [2.75, 3.05) is 25.5 Å². The number of hydrogen-bond donors (Lipinski definition) is 2. The van der Waals surface area contributed by atoms with Crippen molar-refractivity contribution in [2.24, 2.45) is 5.92 Å². The Morgan fingerprint density at radius 3 is 3.04 bits per heavy atom. The first-order chi connectivity index (χ1) is 13.6. The zero-order valence-electron chi connectivity index (χ0n) is 16.0. The quantitative estimate of drug-likeness (QED) is 0.730. The number of amides is 1. The predicted molar refractivity (Wildman–Crippen MR) is 109 cm³/mol. The van der Waals surface area contributed by atoms with Crippen molar-refractivity contribution in [1.29, 1.82) is 5.26 Å². The largest absolute Gasteiger partial charge is 0.495 e. The molecule has 0 spiro atoms. The number of halogens is 1. The molecule has 0 bridgehead atoms. The molecule has 1 aliphatic heterocycles. The van der Waals surface area contributed by atoms with Gasteiger partial charge in [-0.2, -0.15) is 5.26 Å². The van der Waals surface area contributed by atoms with Gasteiger partial charge in [-0.1, -0.05) is 11.6 Å². The Labute approximate surface area is 170 Å². The molecule has 2 aromatic rings. The van der Waals surface area contributed by atoms with Gasteiger partial charge in [-0.3, -0.25) is 9.69 Å². The number of benzene rings is 1. The topological polar surface area (TPSA) is 81.2 Å². The van der Waals surface area contributed by atoms with Gasteiger partial charge in [0, 0.05) is 31.4 Å². The highest BCUT2D eigenvalue weighted by Gasteiger charge is 2.21. The van der Waals surface area contributed by atoms with Crippen LogP contribution in [0, 0.1) is 17.2 Å². The van der Waals surface area contributed by atoms with E-state index in [0.717, 1.165) is 44.5 Å². The van der Waals surface area contributed by atoms with Crippen molar-refractivity contribution in [2.45, 2.75) is 32.2 Å². The summed E-state index contributed by atoms with van der Waals surface area (Å²) < 4.78 is 5.12. The lowest BCUT2D eigenvalue weighted by atomic mass is 9.93. The Balaban J connectivity index is 1.45. The van der Waals surface area contributed by atoms with E-state index in [9.17, 15) is 4.79 Å². The molecule has 2 N–H and O–H groups in total. The van der Waals surface area contributed by atoms with E-state index >= 15 is 0 Å². The highest BCUT2D eigenvalue weighted by molar-refractivity contribution is 6.32. The number of carbonyl (C=O) groups is 1. The molecule has 6 nitrogen and oxygen atoms in total. The molecule has 1 aromatic heterocycles. The van der Waals surface area contributed by atoms with Crippen LogP contribution < -0.4 is 10.1 Å². The first kappa shape index (κ1) is 20.2. The predicted octanol–water partition coefficient (Wildman–Crippen LogP) is 4.18. The molecule has 0 aliphatic carbocycles. The van der Waals surface area contributed by atoms with Crippen LogP contribution >= 0.6 is 11.6 Å². The Morgan fingerprint density at radius 2 is 2.32 bits per heavy atom. The Kier molecular flexibility index (Phi) is 6.96. The van der Waals surface area contributed by atoms with E-state index in [2.05, 4.69) is 21.3 Å². The summed E-state index contributed by atoms with van der Waals surface area (Å²) in [6, 6.07) is 9.26. The minimum atomic E-state index is 0.00246. The number of piperidine rings is 1. The van der Waals surface area contributed by atoms with Crippen LogP contribution in [0.3, 0.4) is 0 Å². The molecule has 0 radical (unpaired) electrons. The number of nitriles is 1. The monoisotopic (exact) mass is 400 g/mol. The lowest BCUT2D eigenvalue weighted by Gasteiger charge is -2.32. The van der Waals surface area contributed by atoms with Crippen LogP contribution in [0.25, 0.3) is 0 Å². The lowest BCUT2D eigenvalue weighted by Crippen LogP contribution is -2.35. The highest BCUT2D eigenvalue weighted by atomic mass is 35.5. The average Bonchev–Trinajstić information content (AvgIpc) is 3.14. The van der Waals surface area contributed by atoms with Crippen molar-refractivity contribution >= 4 is 23.2 Å². The number of rotatable bonds is 7. The van der Waals surface area contributed by atoms with Crippen LogP contribution in [-0.2, 0) is 11.3 Å². The number of ether oxygens (including phenoxy) is 1. The summed E-state index contributed by atoms with van der Waals surface area (Å²) >= 11 is 6.10. The second kappa shape index (κ2) is 9.63. The molecule has 2 heterocycles. The number of nitrogens with zero attached hydrogens (tertiary/aromatic N) is 2. The van der Waals surface area contributed by atoms with Gasteiger partial charge < -0.3 is 15.0 Å². The van der Waals surface area contributed by atoms with E-state index < -0.39 is 0 Å². The maximum absolute atomic E-state index is 12.3. The Bertz CT molecular complexity index is 858. The number of anilines is 1. The number of carbonyl (C=O) groups excluding carboxylic acids is 1. The summed E-state index contributed by atoms with van der Waals surface area (Å²) in [5.41, 5.74) is 2.41. The van der Waals surface area contributed by atoms with Gasteiger partial charge in [0.2, 0.25) is 5.91 Å². The van der Waals surface area contributed by atoms with Crippen LogP contribution in [0.15, 0.2) is 30.5 Å². The van der Waals surface area contributed by atoms with Crippen molar-refractivity contribution < 1.29 is 9.53 Å².